The topological polar surface area (TPSA) is 18.5 Å². The number of rotatable bonds is 4. The molecular weight excluding hydrogens is 278 g/mol. The van der Waals surface area contributed by atoms with Crippen LogP contribution < -0.4 is 0 Å². The van der Waals surface area contributed by atoms with E-state index in [-0.39, 0.29) is 11.7 Å². The lowest BCUT2D eigenvalue weighted by atomic mass is 10.1. The predicted molar refractivity (Wildman–Crippen MR) is 53.7 cm³/mol. The summed E-state index contributed by atoms with van der Waals surface area (Å²) in [5.74, 6) is 0.548. The molecule has 0 aliphatic carbocycles. The van der Waals surface area contributed by atoms with Gasteiger partial charge >= 0.3 is 0 Å². The summed E-state index contributed by atoms with van der Waals surface area (Å²) < 4.78 is 11.6. The second-order valence-corrected chi connectivity index (χ2v) is 4.02. The molecule has 1 fully saturated rings. The van der Waals surface area contributed by atoms with Crippen LogP contribution in [0.25, 0.3) is 0 Å². The summed E-state index contributed by atoms with van der Waals surface area (Å²) in [5.41, 5.74) is -0.170. The first-order valence-corrected chi connectivity index (χ1v) is 5.64. The van der Waals surface area contributed by atoms with Gasteiger partial charge in [0.2, 0.25) is 0 Å². The van der Waals surface area contributed by atoms with Crippen LogP contribution in [0.4, 0.5) is 0 Å². The molecule has 4 heteroatoms. The van der Waals surface area contributed by atoms with Crippen LogP contribution in [0.1, 0.15) is 6.92 Å². The van der Waals surface area contributed by atoms with E-state index in [1.54, 1.807) is 0 Å². The predicted octanol–water partition coefficient (Wildman–Crippen LogP) is 1.83. The Morgan fingerprint density at radius 1 is 1.73 bits per heavy atom. The van der Waals surface area contributed by atoms with Crippen molar-refractivity contribution in [3.63, 3.8) is 0 Å². The Hall–Kier alpha value is 0.940. The molecule has 1 atom stereocenters. The Morgan fingerprint density at radius 3 is 2.64 bits per heavy atom. The van der Waals surface area contributed by atoms with Crippen LogP contribution in [0.5, 0.6) is 0 Å². The van der Waals surface area contributed by atoms with E-state index in [0.29, 0.717) is 5.88 Å². The molecule has 1 rings (SSSR count). The van der Waals surface area contributed by atoms with Crippen molar-refractivity contribution in [2.24, 2.45) is 0 Å². The van der Waals surface area contributed by atoms with Gasteiger partial charge in [0.15, 0.2) is 0 Å². The molecule has 1 heterocycles. The maximum atomic E-state index is 5.76. The molecule has 11 heavy (non-hydrogen) atoms. The van der Waals surface area contributed by atoms with E-state index >= 15 is 0 Å². The quantitative estimate of drug-likeness (QED) is 0.581. The molecule has 0 aromatic rings. The molecule has 1 aliphatic heterocycles. The third-order valence-corrected chi connectivity index (χ3v) is 3.80. The number of ether oxygens (including phenoxy) is 2. The highest BCUT2D eigenvalue weighted by Gasteiger charge is 2.30. The summed E-state index contributed by atoms with van der Waals surface area (Å²) in [4.78, 5) is 0. The Labute approximate surface area is 85.7 Å². The zero-order chi connectivity index (χ0) is 8.32. The minimum atomic E-state index is -0.170. The van der Waals surface area contributed by atoms with Crippen molar-refractivity contribution in [1.29, 1.82) is 0 Å². The van der Waals surface area contributed by atoms with E-state index in [9.17, 15) is 0 Å². The molecule has 0 spiro atoms. The van der Waals surface area contributed by atoms with Crippen LogP contribution in [0.2, 0.25) is 0 Å². The highest BCUT2D eigenvalue weighted by atomic mass is 127. The fraction of sp³-hybridized carbons (Fsp3) is 1.00. The molecule has 2 nitrogen and oxygen atoms in total. The maximum Gasteiger partial charge on any atom is 0.105 e. The van der Waals surface area contributed by atoms with Crippen LogP contribution in [0, 0.1) is 0 Å². The van der Waals surface area contributed by atoms with Crippen LogP contribution in [0.3, 0.4) is 0 Å². The van der Waals surface area contributed by atoms with Crippen LogP contribution in [-0.4, -0.2) is 35.2 Å². The van der Waals surface area contributed by atoms with Gasteiger partial charge < -0.3 is 9.47 Å². The molecule has 66 valence electrons. The van der Waals surface area contributed by atoms with E-state index in [1.165, 1.54) is 0 Å². The zero-order valence-electron chi connectivity index (χ0n) is 6.48. The van der Waals surface area contributed by atoms with Gasteiger partial charge in [0.1, 0.15) is 6.10 Å². The summed E-state index contributed by atoms with van der Waals surface area (Å²) in [6.45, 7) is 3.48. The highest BCUT2D eigenvalue weighted by molar-refractivity contribution is 14.1. The van der Waals surface area contributed by atoms with E-state index in [4.69, 9.17) is 21.1 Å². The zero-order valence-corrected chi connectivity index (χ0v) is 9.39. The van der Waals surface area contributed by atoms with Crippen molar-refractivity contribution in [3.05, 3.63) is 0 Å². The average molecular weight is 291 g/mol. The molecule has 0 saturated carbocycles. The van der Waals surface area contributed by atoms with Gasteiger partial charge in [0.05, 0.1) is 24.7 Å². The molecule has 1 saturated heterocycles. The Balaban J connectivity index is 2.29. The third-order valence-electron chi connectivity index (χ3n) is 1.62. The molecule has 0 aromatic carbocycles. The van der Waals surface area contributed by atoms with Gasteiger partial charge in [0, 0.05) is 4.43 Å². The number of hydrogen-bond acceptors (Lipinski definition) is 2. The SMILES string of the molecule is CC(CCl)(CI)OC1COC1. The largest absolute Gasteiger partial charge is 0.376 e. The first-order valence-electron chi connectivity index (χ1n) is 3.58. The molecule has 0 N–H and O–H groups in total. The Bertz CT molecular complexity index is 124. The Kier molecular flexibility index (Phi) is 3.88. The molecular formula is C7H12ClIO2. The van der Waals surface area contributed by atoms with Gasteiger partial charge in [-0.2, -0.15) is 0 Å². The minimum absolute atomic E-state index is 0.170. The summed E-state index contributed by atoms with van der Waals surface area (Å²) in [6, 6.07) is 0. The van der Waals surface area contributed by atoms with Gasteiger partial charge in [-0.05, 0) is 6.92 Å². The summed E-state index contributed by atoms with van der Waals surface area (Å²) in [7, 11) is 0. The van der Waals surface area contributed by atoms with Gasteiger partial charge in [-0.1, -0.05) is 22.6 Å². The van der Waals surface area contributed by atoms with E-state index in [2.05, 4.69) is 22.6 Å². The molecule has 0 radical (unpaired) electrons. The number of alkyl halides is 2. The first-order chi connectivity index (χ1) is 5.20. The van der Waals surface area contributed by atoms with Gasteiger partial charge in [-0.15, -0.1) is 11.6 Å². The van der Waals surface area contributed by atoms with Crippen molar-refractivity contribution in [2.75, 3.05) is 23.5 Å². The maximum absolute atomic E-state index is 5.76. The second-order valence-electron chi connectivity index (χ2n) is 2.99. The second kappa shape index (κ2) is 4.25. The standard InChI is InChI=1S/C7H12ClIO2/c1-7(4-8,5-9)11-6-2-10-3-6/h6H,2-5H2,1H3. The average Bonchev–Trinajstić information content (AvgIpc) is 1.97. The van der Waals surface area contributed by atoms with Gasteiger partial charge in [-0.3, -0.25) is 0 Å². The first kappa shape index (κ1) is 10.0. The molecule has 0 amide bonds. The Morgan fingerprint density at radius 2 is 2.36 bits per heavy atom. The molecule has 0 bridgehead atoms. The van der Waals surface area contributed by atoms with Crippen molar-refractivity contribution < 1.29 is 9.47 Å². The third kappa shape index (κ3) is 2.72. The molecule has 1 unspecified atom stereocenters. The van der Waals surface area contributed by atoms with Crippen molar-refractivity contribution in [2.45, 2.75) is 18.6 Å². The van der Waals surface area contributed by atoms with E-state index in [1.807, 2.05) is 6.92 Å². The van der Waals surface area contributed by atoms with Crippen LogP contribution in [-0.2, 0) is 9.47 Å². The summed E-state index contributed by atoms with van der Waals surface area (Å²) >= 11 is 8.05. The molecule has 1 aliphatic rings. The van der Waals surface area contributed by atoms with E-state index in [0.717, 1.165) is 17.6 Å². The minimum Gasteiger partial charge on any atom is -0.376 e. The van der Waals surface area contributed by atoms with Crippen LogP contribution in [0.15, 0.2) is 0 Å². The smallest absolute Gasteiger partial charge is 0.105 e. The van der Waals surface area contributed by atoms with Gasteiger partial charge in [-0.25, -0.2) is 0 Å². The summed E-state index contributed by atoms with van der Waals surface area (Å²) in [6.07, 6.45) is 0.272. The fourth-order valence-corrected chi connectivity index (χ4v) is 1.71. The lowest BCUT2D eigenvalue weighted by Gasteiger charge is -2.35. The normalized spacial score (nSPS) is 24.3. The van der Waals surface area contributed by atoms with Gasteiger partial charge in [0.25, 0.3) is 0 Å². The summed E-state index contributed by atoms with van der Waals surface area (Å²) in [5, 5.41) is 0. The van der Waals surface area contributed by atoms with Crippen LogP contribution >= 0.6 is 34.2 Å². The fourth-order valence-electron chi connectivity index (χ4n) is 0.783. The highest BCUT2D eigenvalue weighted by Crippen LogP contribution is 2.21. The monoisotopic (exact) mass is 290 g/mol. The number of halogens is 2. The molecule has 0 aromatic heterocycles. The lowest BCUT2D eigenvalue weighted by Crippen LogP contribution is -2.45. The van der Waals surface area contributed by atoms with Crippen molar-refractivity contribution in [1.82, 2.24) is 0 Å². The van der Waals surface area contributed by atoms with E-state index < -0.39 is 0 Å². The van der Waals surface area contributed by atoms with Crippen molar-refractivity contribution in [3.8, 4) is 0 Å². The van der Waals surface area contributed by atoms with Crippen molar-refractivity contribution >= 4 is 34.2 Å². The number of hydrogen-bond donors (Lipinski definition) is 0. The lowest BCUT2D eigenvalue weighted by molar-refractivity contribution is -0.173.